The first kappa shape index (κ1) is 10.2. The zero-order chi connectivity index (χ0) is 10.8. The first-order valence-electron chi connectivity index (χ1n) is 4.66. The Bertz CT molecular complexity index is 462. The fourth-order valence-corrected chi connectivity index (χ4v) is 1.50. The van der Waals surface area contributed by atoms with Gasteiger partial charge in [-0.15, -0.1) is 11.6 Å². The number of rotatable bonds is 3. The molecule has 5 nitrogen and oxygen atoms in total. The van der Waals surface area contributed by atoms with Crippen molar-refractivity contribution in [3.63, 3.8) is 0 Å². The topological polar surface area (TPSA) is 56.7 Å². The van der Waals surface area contributed by atoms with E-state index in [1.807, 2.05) is 20.2 Å². The van der Waals surface area contributed by atoms with Crippen LogP contribution < -0.4 is 0 Å². The molecule has 0 saturated heterocycles. The number of aryl methyl sites for hydroxylation is 2. The summed E-state index contributed by atoms with van der Waals surface area (Å²) in [6, 6.07) is 0. The number of hydrogen-bond acceptors (Lipinski definition) is 4. The second-order valence-corrected chi connectivity index (χ2v) is 3.43. The van der Waals surface area contributed by atoms with Crippen LogP contribution in [-0.4, -0.2) is 19.9 Å². The lowest BCUT2D eigenvalue weighted by atomic mass is 10.2. The molecule has 0 atom stereocenters. The highest BCUT2D eigenvalue weighted by molar-refractivity contribution is 6.16. The molecule has 0 aromatic carbocycles. The van der Waals surface area contributed by atoms with Gasteiger partial charge in [-0.1, -0.05) is 12.1 Å². The monoisotopic (exact) mass is 226 g/mol. The molecular weight excluding hydrogens is 216 g/mol. The average Bonchev–Trinajstić information content (AvgIpc) is 2.82. The lowest BCUT2D eigenvalue weighted by Gasteiger charge is -1.90. The third-order valence-corrected chi connectivity index (χ3v) is 2.30. The zero-order valence-electron chi connectivity index (χ0n) is 8.57. The Morgan fingerprint density at radius 2 is 2.33 bits per heavy atom. The van der Waals surface area contributed by atoms with Crippen LogP contribution in [0.2, 0.25) is 0 Å². The van der Waals surface area contributed by atoms with Gasteiger partial charge in [0, 0.05) is 13.2 Å². The third-order valence-electron chi connectivity index (χ3n) is 2.06. The molecule has 0 fully saturated rings. The van der Waals surface area contributed by atoms with E-state index in [2.05, 4.69) is 15.2 Å². The van der Waals surface area contributed by atoms with E-state index < -0.39 is 0 Å². The molecule has 2 rings (SSSR count). The quantitative estimate of drug-likeness (QED) is 0.749. The van der Waals surface area contributed by atoms with Gasteiger partial charge in [0.05, 0.1) is 17.1 Å². The van der Waals surface area contributed by atoms with Crippen molar-refractivity contribution in [1.29, 1.82) is 0 Å². The molecule has 15 heavy (non-hydrogen) atoms. The molecule has 0 aliphatic carbocycles. The molecular formula is C9H11ClN4O. The van der Waals surface area contributed by atoms with Gasteiger partial charge in [0.1, 0.15) is 0 Å². The van der Waals surface area contributed by atoms with Crippen LogP contribution >= 0.6 is 11.6 Å². The smallest absolute Gasteiger partial charge is 0.261 e. The summed E-state index contributed by atoms with van der Waals surface area (Å²) < 4.78 is 6.83. The maximum absolute atomic E-state index is 5.60. The SMILES string of the molecule is CCc1nn(C)cc1-c1nc(CCl)no1. The van der Waals surface area contributed by atoms with Crippen molar-refractivity contribution in [2.45, 2.75) is 19.2 Å². The number of alkyl halides is 1. The van der Waals surface area contributed by atoms with Gasteiger partial charge in [-0.25, -0.2) is 0 Å². The van der Waals surface area contributed by atoms with E-state index >= 15 is 0 Å². The van der Waals surface area contributed by atoms with Gasteiger partial charge >= 0.3 is 0 Å². The molecule has 0 radical (unpaired) electrons. The van der Waals surface area contributed by atoms with Gasteiger partial charge in [0.15, 0.2) is 5.82 Å². The molecule has 2 heterocycles. The Morgan fingerprint density at radius 1 is 1.53 bits per heavy atom. The Labute approximate surface area is 92.0 Å². The summed E-state index contributed by atoms with van der Waals surface area (Å²) in [6.45, 7) is 2.03. The van der Waals surface area contributed by atoms with Crippen molar-refractivity contribution in [2.75, 3.05) is 0 Å². The molecule has 0 aliphatic rings. The van der Waals surface area contributed by atoms with Crippen molar-refractivity contribution < 1.29 is 4.52 Å². The lowest BCUT2D eigenvalue weighted by molar-refractivity contribution is 0.424. The lowest BCUT2D eigenvalue weighted by Crippen LogP contribution is -1.89. The van der Waals surface area contributed by atoms with Crippen molar-refractivity contribution >= 4 is 11.6 Å². The van der Waals surface area contributed by atoms with Crippen LogP contribution in [-0.2, 0) is 19.3 Å². The number of nitrogens with zero attached hydrogens (tertiary/aromatic N) is 4. The van der Waals surface area contributed by atoms with Crippen LogP contribution in [0.5, 0.6) is 0 Å². The zero-order valence-corrected chi connectivity index (χ0v) is 9.32. The predicted molar refractivity (Wildman–Crippen MR) is 55.4 cm³/mol. The molecule has 80 valence electrons. The predicted octanol–water partition coefficient (Wildman–Crippen LogP) is 1.77. The average molecular weight is 227 g/mol. The summed E-state index contributed by atoms with van der Waals surface area (Å²) in [7, 11) is 1.86. The Morgan fingerprint density at radius 3 is 2.93 bits per heavy atom. The van der Waals surface area contributed by atoms with E-state index in [-0.39, 0.29) is 5.88 Å². The van der Waals surface area contributed by atoms with E-state index in [1.54, 1.807) is 4.68 Å². The Balaban J connectivity index is 2.43. The normalized spacial score (nSPS) is 10.9. The van der Waals surface area contributed by atoms with Gasteiger partial charge in [-0.2, -0.15) is 10.1 Å². The summed E-state index contributed by atoms with van der Waals surface area (Å²) in [5, 5.41) is 8.04. The Hall–Kier alpha value is -1.36. The van der Waals surface area contributed by atoms with Crippen molar-refractivity contribution in [3.05, 3.63) is 17.7 Å². The standard InChI is InChI=1S/C9H11ClN4O/c1-3-7-6(5-14(2)12-7)9-11-8(4-10)13-15-9/h5H,3-4H2,1-2H3. The molecule has 0 unspecified atom stereocenters. The van der Waals surface area contributed by atoms with Crippen LogP contribution in [0.3, 0.4) is 0 Å². The molecule has 2 aromatic rings. The van der Waals surface area contributed by atoms with Crippen molar-refractivity contribution in [1.82, 2.24) is 19.9 Å². The highest BCUT2D eigenvalue weighted by atomic mass is 35.5. The fourth-order valence-electron chi connectivity index (χ4n) is 1.39. The van der Waals surface area contributed by atoms with Crippen LogP contribution in [0.15, 0.2) is 10.7 Å². The van der Waals surface area contributed by atoms with Crippen LogP contribution in [0.25, 0.3) is 11.5 Å². The third kappa shape index (κ3) is 1.87. The van der Waals surface area contributed by atoms with Gasteiger partial charge in [-0.3, -0.25) is 4.68 Å². The van der Waals surface area contributed by atoms with Gasteiger partial charge in [0.25, 0.3) is 5.89 Å². The molecule has 0 amide bonds. The maximum Gasteiger partial charge on any atom is 0.261 e. The first-order chi connectivity index (χ1) is 7.24. The maximum atomic E-state index is 5.60. The summed E-state index contributed by atoms with van der Waals surface area (Å²) in [6.07, 6.45) is 2.69. The molecule has 0 aliphatic heterocycles. The molecule has 0 bridgehead atoms. The summed E-state index contributed by atoms with van der Waals surface area (Å²) in [4.78, 5) is 4.16. The highest BCUT2D eigenvalue weighted by Crippen LogP contribution is 2.21. The summed E-state index contributed by atoms with van der Waals surface area (Å²) in [5.41, 5.74) is 1.83. The largest absolute Gasteiger partial charge is 0.334 e. The number of aromatic nitrogens is 4. The van der Waals surface area contributed by atoms with E-state index in [4.69, 9.17) is 16.1 Å². The van der Waals surface area contributed by atoms with Crippen molar-refractivity contribution in [3.8, 4) is 11.5 Å². The van der Waals surface area contributed by atoms with Crippen LogP contribution in [0.4, 0.5) is 0 Å². The van der Waals surface area contributed by atoms with Gasteiger partial charge in [-0.05, 0) is 6.42 Å². The van der Waals surface area contributed by atoms with Gasteiger partial charge in [0.2, 0.25) is 0 Å². The van der Waals surface area contributed by atoms with Crippen LogP contribution in [0, 0.1) is 0 Å². The van der Waals surface area contributed by atoms with E-state index in [1.165, 1.54) is 0 Å². The Kier molecular flexibility index (Phi) is 2.73. The highest BCUT2D eigenvalue weighted by Gasteiger charge is 2.14. The second kappa shape index (κ2) is 4.02. The molecule has 6 heteroatoms. The first-order valence-corrected chi connectivity index (χ1v) is 5.19. The van der Waals surface area contributed by atoms with Crippen LogP contribution in [0.1, 0.15) is 18.4 Å². The second-order valence-electron chi connectivity index (χ2n) is 3.17. The summed E-state index contributed by atoms with van der Waals surface area (Å²) >= 11 is 5.60. The minimum atomic E-state index is 0.255. The van der Waals surface area contributed by atoms with Gasteiger partial charge < -0.3 is 4.52 Å². The van der Waals surface area contributed by atoms with E-state index in [0.717, 1.165) is 17.7 Å². The minimum absolute atomic E-state index is 0.255. The minimum Gasteiger partial charge on any atom is -0.334 e. The van der Waals surface area contributed by atoms with E-state index in [9.17, 15) is 0 Å². The summed E-state index contributed by atoms with van der Waals surface area (Å²) in [5.74, 6) is 1.23. The van der Waals surface area contributed by atoms with E-state index in [0.29, 0.717) is 11.7 Å². The number of hydrogen-bond donors (Lipinski definition) is 0. The van der Waals surface area contributed by atoms with Crippen molar-refractivity contribution in [2.24, 2.45) is 7.05 Å². The fraction of sp³-hybridized carbons (Fsp3) is 0.444. The number of halogens is 1. The molecule has 2 aromatic heterocycles. The molecule has 0 N–H and O–H groups in total. The molecule has 0 spiro atoms. The molecule has 0 saturated carbocycles.